The number of amides is 1. The molecule has 0 saturated heterocycles. The summed E-state index contributed by atoms with van der Waals surface area (Å²) >= 11 is 0. The third kappa shape index (κ3) is 2.10. The topological polar surface area (TPSA) is 40.5 Å². The van der Waals surface area contributed by atoms with Crippen molar-refractivity contribution in [1.29, 1.82) is 0 Å². The first-order valence-electron chi connectivity index (χ1n) is 5.77. The number of hydrogen-bond acceptors (Lipinski definition) is 2. The van der Waals surface area contributed by atoms with Gasteiger partial charge < -0.3 is 10.0 Å². The average molecular weight is 273 g/mol. The standard InChI is InChI=1S/C13H14F3NO2/c1-12(2,3)17-10(18)7-5-4-6-8(13(14,15)16)9(7)11(17)19/h4-6,11,19H,1-3H3/t11-/m0/s1. The number of carbonyl (C=O) groups is 1. The van der Waals surface area contributed by atoms with Crippen molar-refractivity contribution >= 4 is 5.91 Å². The van der Waals surface area contributed by atoms with Crippen LogP contribution in [0.25, 0.3) is 0 Å². The zero-order valence-electron chi connectivity index (χ0n) is 10.7. The number of fused-ring (bicyclic) bond motifs is 1. The van der Waals surface area contributed by atoms with Crippen molar-refractivity contribution in [1.82, 2.24) is 4.90 Å². The predicted octanol–water partition coefficient (Wildman–Crippen LogP) is 2.95. The van der Waals surface area contributed by atoms with E-state index in [2.05, 4.69) is 0 Å². The van der Waals surface area contributed by atoms with E-state index in [0.717, 1.165) is 11.0 Å². The lowest BCUT2D eigenvalue weighted by Gasteiger charge is -2.34. The van der Waals surface area contributed by atoms with E-state index in [1.54, 1.807) is 20.8 Å². The molecule has 1 aromatic rings. The molecule has 0 spiro atoms. The van der Waals surface area contributed by atoms with Gasteiger partial charge in [0.05, 0.1) is 5.56 Å². The number of hydrogen-bond donors (Lipinski definition) is 1. The Morgan fingerprint density at radius 1 is 1.21 bits per heavy atom. The van der Waals surface area contributed by atoms with Crippen LogP contribution < -0.4 is 0 Å². The van der Waals surface area contributed by atoms with E-state index in [9.17, 15) is 23.1 Å². The lowest BCUT2D eigenvalue weighted by Crippen LogP contribution is -2.43. The van der Waals surface area contributed by atoms with Crippen LogP contribution in [0.2, 0.25) is 0 Å². The maximum atomic E-state index is 12.9. The number of carbonyl (C=O) groups excluding carboxylic acids is 1. The number of benzene rings is 1. The van der Waals surface area contributed by atoms with Crippen LogP contribution in [0.1, 0.15) is 48.5 Å². The molecule has 0 aromatic heterocycles. The summed E-state index contributed by atoms with van der Waals surface area (Å²) in [4.78, 5) is 13.2. The zero-order valence-corrected chi connectivity index (χ0v) is 10.7. The van der Waals surface area contributed by atoms with E-state index in [1.165, 1.54) is 12.1 Å². The van der Waals surface area contributed by atoms with Crippen molar-refractivity contribution in [2.24, 2.45) is 0 Å². The Morgan fingerprint density at radius 2 is 1.79 bits per heavy atom. The molecule has 104 valence electrons. The second kappa shape index (κ2) is 3.96. The second-order valence-corrected chi connectivity index (χ2v) is 5.48. The first-order valence-corrected chi connectivity index (χ1v) is 5.77. The highest BCUT2D eigenvalue weighted by Crippen LogP contribution is 2.43. The summed E-state index contributed by atoms with van der Waals surface area (Å²) in [6.07, 6.45) is -6.17. The fourth-order valence-corrected chi connectivity index (χ4v) is 2.32. The van der Waals surface area contributed by atoms with Crippen LogP contribution in [-0.4, -0.2) is 21.5 Å². The predicted molar refractivity (Wildman–Crippen MR) is 62.3 cm³/mol. The van der Waals surface area contributed by atoms with Gasteiger partial charge in [-0.25, -0.2) is 0 Å². The third-order valence-corrected chi connectivity index (χ3v) is 3.09. The minimum absolute atomic E-state index is 0.0859. The van der Waals surface area contributed by atoms with E-state index in [1.807, 2.05) is 0 Å². The number of aliphatic hydroxyl groups excluding tert-OH is 1. The third-order valence-electron chi connectivity index (χ3n) is 3.09. The molecule has 0 radical (unpaired) electrons. The van der Waals surface area contributed by atoms with Crippen molar-refractivity contribution in [3.8, 4) is 0 Å². The minimum atomic E-state index is -4.60. The van der Waals surface area contributed by atoms with E-state index >= 15 is 0 Å². The van der Waals surface area contributed by atoms with Crippen molar-refractivity contribution in [2.45, 2.75) is 38.7 Å². The Bertz CT molecular complexity index is 532. The van der Waals surface area contributed by atoms with Gasteiger partial charge in [0.15, 0.2) is 6.23 Å². The number of aliphatic hydroxyl groups is 1. The van der Waals surface area contributed by atoms with Gasteiger partial charge in [-0.15, -0.1) is 0 Å². The number of alkyl halides is 3. The lowest BCUT2D eigenvalue weighted by molar-refractivity contribution is -0.140. The molecule has 1 N–H and O–H groups in total. The summed E-state index contributed by atoms with van der Waals surface area (Å²) in [6.45, 7) is 4.98. The summed E-state index contributed by atoms with van der Waals surface area (Å²) in [7, 11) is 0. The maximum Gasteiger partial charge on any atom is 0.416 e. The Morgan fingerprint density at radius 3 is 2.26 bits per heavy atom. The molecule has 6 heteroatoms. The summed E-state index contributed by atoms with van der Waals surface area (Å²) in [5.41, 5.74) is -2.16. The molecule has 1 aliphatic rings. The molecule has 3 nitrogen and oxygen atoms in total. The molecule has 1 heterocycles. The molecule has 0 saturated carbocycles. The van der Waals surface area contributed by atoms with Crippen LogP contribution in [-0.2, 0) is 6.18 Å². The van der Waals surface area contributed by atoms with Crippen LogP contribution in [0.4, 0.5) is 13.2 Å². The molecular weight excluding hydrogens is 259 g/mol. The van der Waals surface area contributed by atoms with Gasteiger partial charge in [-0.1, -0.05) is 6.07 Å². The smallest absolute Gasteiger partial charge is 0.369 e. The van der Waals surface area contributed by atoms with Crippen molar-refractivity contribution in [2.75, 3.05) is 0 Å². The summed E-state index contributed by atoms with van der Waals surface area (Å²) in [5, 5.41) is 10.1. The fraction of sp³-hybridized carbons (Fsp3) is 0.462. The number of nitrogens with zero attached hydrogens (tertiary/aromatic N) is 1. The summed E-state index contributed by atoms with van der Waals surface area (Å²) in [5.74, 6) is -0.582. The van der Waals surface area contributed by atoms with Gasteiger partial charge >= 0.3 is 6.18 Å². The monoisotopic (exact) mass is 273 g/mol. The molecule has 1 atom stereocenters. The fourth-order valence-electron chi connectivity index (χ4n) is 2.32. The molecule has 1 aliphatic heterocycles. The van der Waals surface area contributed by atoms with Gasteiger partial charge in [-0.2, -0.15) is 13.2 Å². The van der Waals surface area contributed by atoms with Crippen molar-refractivity contribution in [3.63, 3.8) is 0 Å². The highest BCUT2D eigenvalue weighted by Gasteiger charge is 2.47. The summed E-state index contributed by atoms with van der Waals surface area (Å²) < 4.78 is 38.8. The highest BCUT2D eigenvalue weighted by atomic mass is 19.4. The largest absolute Gasteiger partial charge is 0.416 e. The van der Waals surface area contributed by atoms with Crippen LogP contribution in [0.3, 0.4) is 0 Å². The molecule has 1 aromatic carbocycles. The van der Waals surface area contributed by atoms with Crippen molar-refractivity contribution < 1.29 is 23.1 Å². The summed E-state index contributed by atoms with van der Waals surface area (Å²) in [6, 6.07) is 3.36. The van der Waals surface area contributed by atoms with E-state index in [-0.39, 0.29) is 11.1 Å². The maximum absolute atomic E-state index is 12.9. The molecule has 0 aliphatic carbocycles. The number of halogens is 3. The molecular formula is C13H14F3NO2. The lowest BCUT2D eigenvalue weighted by atomic mass is 10.0. The first kappa shape index (κ1) is 13.9. The van der Waals surface area contributed by atoms with Crippen LogP contribution in [0.15, 0.2) is 18.2 Å². The zero-order chi connectivity index (χ0) is 14.6. The molecule has 1 amide bonds. The first-order chi connectivity index (χ1) is 8.55. The van der Waals surface area contributed by atoms with Gasteiger partial charge in [0.25, 0.3) is 5.91 Å². The SMILES string of the molecule is CC(C)(C)N1C(=O)c2cccc(C(F)(F)F)c2[C@@H]1O. The van der Waals surface area contributed by atoms with Gasteiger partial charge in [-0.05, 0) is 32.9 Å². The van der Waals surface area contributed by atoms with Crippen LogP contribution in [0.5, 0.6) is 0 Å². The van der Waals surface area contributed by atoms with E-state index in [0.29, 0.717) is 0 Å². The normalized spacial score (nSPS) is 19.8. The molecule has 0 unspecified atom stereocenters. The Kier molecular flexibility index (Phi) is 2.89. The average Bonchev–Trinajstić information content (AvgIpc) is 2.49. The number of rotatable bonds is 0. The molecule has 0 fully saturated rings. The Hall–Kier alpha value is -1.56. The second-order valence-electron chi connectivity index (χ2n) is 5.48. The minimum Gasteiger partial charge on any atom is -0.369 e. The molecule has 2 rings (SSSR count). The Labute approximate surface area is 108 Å². The van der Waals surface area contributed by atoms with Crippen molar-refractivity contribution in [3.05, 3.63) is 34.9 Å². The Balaban J connectivity index is 2.64. The molecule has 19 heavy (non-hydrogen) atoms. The van der Waals surface area contributed by atoms with E-state index in [4.69, 9.17) is 0 Å². The van der Waals surface area contributed by atoms with E-state index < -0.39 is 29.4 Å². The van der Waals surface area contributed by atoms with Gasteiger partial charge in [0.2, 0.25) is 0 Å². The quantitative estimate of drug-likeness (QED) is 0.789. The molecule has 0 bridgehead atoms. The van der Waals surface area contributed by atoms with Gasteiger partial charge in [0.1, 0.15) is 0 Å². The van der Waals surface area contributed by atoms with Crippen LogP contribution >= 0.6 is 0 Å². The van der Waals surface area contributed by atoms with Crippen LogP contribution in [0, 0.1) is 0 Å². The highest BCUT2D eigenvalue weighted by molar-refractivity contribution is 5.99. The van der Waals surface area contributed by atoms with Gasteiger partial charge in [0, 0.05) is 16.7 Å². The van der Waals surface area contributed by atoms with Gasteiger partial charge in [-0.3, -0.25) is 4.79 Å².